The number of hydrogen-bond acceptors (Lipinski definition) is 2. The van der Waals surface area contributed by atoms with E-state index in [1.54, 1.807) is 0 Å². The van der Waals surface area contributed by atoms with E-state index in [4.69, 9.17) is 0 Å². The van der Waals surface area contributed by atoms with Crippen LogP contribution >= 0.6 is 34.8 Å². The van der Waals surface area contributed by atoms with Crippen LogP contribution in [-0.2, 0) is 0 Å². The smallest absolute Gasteiger partial charge is 0.172 e. The van der Waals surface area contributed by atoms with Crippen molar-refractivity contribution in [2.24, 2.45) is 5.18 Å². The highest BCUT2D eigenvalue weighted by atomic mass is 35.6. The Kier molecular flexibility index (Phi) is 2.61. The van der Waals surface area contributed by atoms with Gasteiger partial charge in [0, 0.05) is 5.18 Å². The van der Waals surface area contributed by atoms with Crippen LogP contribution in [0.25, 0.3) is 0 Å². The lowest BCUT2D eigenvalue weighted by Gasteiger charge is -2.14. The molecule has 0 aromatic heterocycles. The molecule has 0 spiro atoms. The third-order valence-electron chi connectivity index (χ3n) is 0.456. The molecular weight excluding hydrogens is 198 g/mol. The Hall–Kier alpha value is 0.330. The Morgan fingerprint density at radius 3 is 1.56 bits per heavy atom. The molecule has 9 heavy (non-hydrogen) atoms. The number of nitrogens with zero attached hydrogens (tertiary/aromatic N) is 1. The molecule has 0 rings (SSSR count). The van der Waals surface area contributed by atoms with Gasteiger partial charge in [0.2, 0.25) is 0 Å². The van der Waals surface area contributed by atoms with Crippen LogP contribution in [0.2, 0.25) is 0 Å². The van der Waals surface area contributed by atoms with Crippen molar-refractivity contribution in [3.05, 3.63) is 4.91 Å². The van der Waals surface area contributed by atoms with Crippen LogP contribution in [0.4, 0.5) is 8.78 Å². The van der Waals surface area contributed by atoms with Crippen LogP contribution < -0.4 is 0 Å². The van der Waals surface area contributed by atoms with E-state index in [0.717, 1.165) is 0 Å². The lowest BCUT2D eigenvalue weighted by atomic mass is 10.7. The number of hydrogen-bond donors (Lipinski definition) is 0. The van der Waals surface area contributed by atoms with Gasteiger partial charge in [-0.05, 0) is 0 Å². The van der Waals surface area contributed by atoms with Crippen molar-refractivity contribution < 1.29 is 8.78 Å². The van der Waals surface area contributed by atoms with Gasteiger partial charge in [-0.15, -0.1) is 4.91 Å². The van der Waals surface area contributed by atoms with Crippen LogP contribution in [0.5, 0.6) is 0 Å². The normalized spacial score (nSPS) is 13.4. The summed E-state index contributed by atoms with van der Waals surface area (Å²) in [7, 11) is 0. The molecule has 0 aromatic rings. The van der Waals surface area contributed by atoms with E-state index >= 15 is 0 Å². The summed E-state index contributed by atoms with van der Waals surface area (Å²) >= 11 is 13.8. The molecule has 0 aliphatic carbocycles. The summed E-state index contributed by atoms with van der Waals surface area (Å²) in [4.78, 5) is 9.22. The Labute approximate surface area is 64.0 Å². The summed E-state index contributed by atoms with van der Waals surface area (Å²) in [6, 6.07) is -4.16. The van der Waals surface area contributed by atoms with Gasteiger partial charge in [0.15, 0.2) is 0 Å². The highest BCUT2D eigenvalue weighted by Crippen LogP contribution is 2.42. The van der Waals surface area contributed by atoms with Crippen LogP contribution in [-0.4, -0.2) is 9.84 Å². The summed E-state index contributed by atoms with van der Waals surface area (Å²) in [6.07, 6.45) is 0. The molecule has 0 saturated heterocycles. The molecule has 54 valence electrons. The highest BCUT2D eigenvalue weighted by Gasteiger charge is 2.52. The van der Waals surface area contributed by atoms with E-state index in [9.17, 15) is 13.7 Å². The van der Waals surface area contributed by atoms with Crippen molar-refractivity contribution in [3.63, 3.8) is 0 Å². The van der Waals surface area contributed by atoms with Crippen molar-refractivity contribution in [1.29, 1.82) is 0 Å². The largest absolute Gasteiger partial charge is 0.422 e. The molecule has 0 N–H and O–H groups in total. The van der Waals surface area contributed by atoms with E-state index in [1.165, 1.54) is 5.18 Å². The lowest BCUT2D eigenvalue weighted by Crippen LogP contribution is -2.30. The minimum absolute atomic E-state index is 1.31. The first-order valence-corrected chi connectivity index (χ1v) is 2.73. The van der Waals surface area contributed by atoms with Gasteiger partial charge in [-0.3, -0.25) is 0 Å². The van der Waals surface area contributed by atoms with Crippen molar-refractivity contribution >= 4 is 34.8 Å². The highest BCUT2D eigenvalue weighted by molar-refractivity contribution is 6.68. The van der Waals surface area contributed by atoms with Crippen LogP contribution in [0.3, 0.4) is 0 Å². The standard InChI is InChI=1S/C2Cl3F2NO/c3-1(4,5)2(6,7)8-9. The molecule has 0 aromatic carbocycles. The van der Waals surface area contributed by atoms with Gasteiger partial charge in [-0.1, -0.05) is 34.8 Å². The molecule has 2 nitrogen and oxygen atoms in total. The molecule has 0 bridgehead atoms. The van der Waals surface area contributed by atoms with E-state index in [0.29, 0.717) is 0 Å². The Balaban J connectivity index is 4.32. The average Bonchev–Trinajstić information content (AvgIpc) is 1.64. The first kappa shape index (κ1) is 9.33. The average molecular weight is 198 g/mol. The van der Waals surface area contributed by atoms with Crippen LogP contribution in [0, 0.1) is 4.91 Å². The topological polar surface area (TPSA) is 29.4 Å². The number of alkyl halides is 5. The first-order valence-electron chi connectivity index (χ1n) is 1.60. The van der Waals surface area contributed by atoms with Gasteiger partial charge in [0.1, 0.15) is 0 Å². The van der Waals surface area contributed by atoms with Gasteiger partial charge in [0.25, 0.3) is 3.79 Å². The summed E-state index contributed by atoms with van der Waals surface area (Å²) in [5, 5.41) is 1.31. The fourth-order valence-electron chi connectivity index (χ4n) is 0.0518. The predicted molar refractivity (Wildman–Crippen MR) is 31.0 cm³/mol. The molecule has 0 radical (unpaired) electrons. The maximum Gasteiger partial charge on any atom is 0.422 e. The minimum atomic E-state index is -4.16. The fourth-order valence-corrected chi connectivity index (χ4v) is 0.155. The number of nitroso groups, excluding NO2 is 1. The lowest BCUT2D eigenvalue weighted by molar-refractivity contribution is 0.0134. The molecule has 0 fully saturated rings. The van der Waals surface area contributed by atoms with E-state index in [1.807, 2.05) is 0 Å². The molecule has 0 unspecified atom stereocenters. The van der Waals surface area contributed by atoms with Gasteiger partial charge in [-0.2, -0.15) is 8.78 Å². The molecule has 7 heteroatoms. The molecule has 0 heterocycles. The second-order valence-corrected chi connectivity index (χ2v) is 3.41. The van der Waals surface area contributed by atoms with Gasteiger partial charge in [-0.25, -0.2) is 0 Å². The first-order chi connectivity index (χ1) is 3.81. The zero-order chi connectivity index (χ0) is 7.71. The summed E-state index contributed by atoms with van der Waals surface area (Å²) in [5.41, 5.74) is 0. The number of halogens is 5. The predicted octanol–water partition coefficient (Wildman–Crippen LogP) is 2.72. The van der Waals surface area contributed by atoms with Crippen molar-refractivity contribution in [2.75, 3.05) is 0 Å². The summed E-state index contributed by atoms with van der Waals surface area (Å²) in [6.45, 7) is 0. The second kappa shape index (κ2) is 2.52. The van der Waals surface area contributed by atoms with Crippen molar-refractivity contribution in [2.45, 2.75) is 9.84 Å². The monoisotopic (exact) mass is 197 g/mol. The maximum absolute atomic E-state index is 11.8. The Bertz CT molecular complexity index is 121. The van der Waals surface area contributed by atoms with E-state index in [-0.39, 0.29) is 0 Å². The fraction of sp³-hybridized carbons (Fsp3) is 1.00. The summed E-state index contributed by atoms with van der Waals surface area (Å²) < 4.78 is 20.6. The molecule has 0 atom stereocenters. The van der Waals surface area contributed by atoms with E-state index < -0.39 is 9.84 Å². The van der Waals surface area contributed by atoms with Gasteiger partial charge >= 0.3 is 6.05 Å². The zero-order valence-corrected chi connectivity index (χ0v) is 6.01. The van der Waals surface area contributed by atoms with Crippen molar-refractivity contribution in [3.8, 4) is 0 Å². The molecule has 0 amide bonds. The second-order valence-electron chi connectivity index (χ2n) is 1.13. The van der Waals surface area contributed by atoms with Gasteiger partial charge < -0.3 is 0 Å². The van der Waals surface area contributed by atoms with Crippen molar-refractivity contribution in [1.82, 2.24) is 0 Å². The quantitative estimate of drug-likeness (QED) is 0.362. The SMILES string of the molecule is O=NC(F)(F)C(Cl)(Cl)Cl. The Morgan fingerprint density at radius 1 is 1.22 bits per heavy atom. The third kappa shape index (κ3) is 2.20. The summed E-state index contributed by atoms with van der Waals surface area (Å²) in [5.74, 6) is 0. The maximum atomic E-state index is 11.8. The Morgan fingerprint density at radius 2 is 1.56 bits per heavy atom. The molecule has 0 aliphatic rings. The number of rotatable bonds is 1. The van der Waals surface area contributed by atoms with Crippen LogP contribution in [0.15, 0.2) is 5.18 Å². The van der Waals surface area contributed by atoms with Crippen LogP contribution in [0.1, 0.15) is 0 Å². The minimum Gasteiger partial charge on any atom is -0.172 e. The van der Waals surface area contributed by atoms with E-state index in [2.05, 4.69) is 34.8 Å². The molecular formula is C2Cl3F2NO. The molecule has 0 saturated carbocycles. The van der Waals surface area contributed by atoms with Gasteiger partial charge in [0.05, 0.1) is 0 Å². The third-order valence-corrected chi connectivity index (χ3v) is 1.14. The zero-order valence-electron chi connectivity index (χ0n) is 3.75. The molecule has 0 aliphatic heterocycles.